The van der Waals surface area contributed by atoms with Crippen molar-refractivity contribution >= 4 is 63.3 Å². The fourth-order valence-electron chi connectivity index (χ4n) is 7.27. The molecule has 11 N–H and O–H groups in total. The summed E-state index contributed by atoms with van der Waals surface area (Å²) in [6.07, 6.45) is 5.37. The maximum atomic E-state index is 13.5. The molecule has 2 heterocycles. The second kappa shape index (κ2) is 24.2. The first kappa shape index (κ1) is 48.3. The molecule has 0 radical (unpaired) electrons. The number of nitrogen functional groups attached to an aromatic ring is 1. The van der Waals surface area contributed by atoms with E-state index in [2.05, 4.69) is 49.1 Å². The van der Waals surface area contributed by atoms with E-state index in [1.165, 1.54) is 0 Å². The number of hydrogen-bond acceptors (Lipinski definition) is 10. The Balaban J connectivity index is 1.12. The van der Waals surface area contributed by atoms with Gasteiger partial charge in [-0.15, -0.1) is 0 Å². The minimum atomic E-state index is -0.980. The zero-order valence-corrected chi connectivity index (χ0v) is 37.1. The zero-order chi connectivity index (χ0) is 46.0. The number of nitrogens with one attached hydrogen (secondary N) is 5. The third-order valence-electron chi connectivity index (χ3n) is 10.8. The van der Waals surface area contributed by atoms with Crippen LogP contribution in [0.5, 0.6) is 0 Å². The van der Waals surface area contributed by atoms with Crippen molar-refractivity contribution in [2.24, 2.45) is 17.4 Å². The maximum absolute atomic E-state index is 13.5. The van der Waals surface area contributed by atoms with Gasteiger partial charge >= 0.3 is 12.1 Å². The Hall–Kier alpha value is -6.75. The number of anilines is 2. The molecule has 0 aliphatic carbocycles. The van der Waals surface area contributed by atoms with Gasteiger partial charge in [-0.2, -0.15) is 0 Å². The summed E-state index contributed by atoms with van der Waals surface area (Å²) < 4.78 is 7.71. The van der Waals surface area contributed by atoms with E-state index in [0.29, 0.717) is 48.5 Å². The summed E-state index contributed by atoms with van der Waals surface area (Å²) in [6, 6.07) is 20.2. The van der Waals surface area contributed by atoms with Crippen molar-refractivity contribution in [1.29, 1.82) is 0 Å². The number of aromatic nitrogens is 3. The molecule has 0 unspecified atom stereocenters. The van der Waals surface area contributed by atoms with Crippen molar-refractivity contribution in [3.8, 4) is 0 Å². The quantitative estimate of drug-likeness (QED) is 0.0360. The summed E-state index contributed by atoms with van der Waals surface area (Å²) in [6.45, 7) is 7.39. The Morgan fingerprint density at radius 3 is 2.22 bits per heavy atom. The van der Waals surface area contributed by atoms with Crippen molar-refractivity contribution < 1.29 is 28.7 Å². The molecule has 5 aromatic rings. The average molecular weight is 878 g/mol. The normalized spacial score (nSPS) is 12.1. The van der Waals surface area contributed by atoms with Gasteiger partial charge in [0.2, 0.25) is 17.7 Å². The van der Waals surface area contributed by atoms with Crippen LogP contribution in [-0.4, -0.2) is 69.6 Å². The first-order chi connectivity index (χ1) is 30.9. The minimum Gasteiger partial charge on any atom is -0.445 e. The van der Waals surface area contributed by atoms with Crippen LogP contribution >= 0.6 is 0 Å². The molecule has 0 fully saturated rings. The van der Waals surface area contributed by atoms with Gasteiger partial charge in [-0.1, -0.05) is 88.2 Å². The summed E-state index contributed by atoms with van der Waals surface area (Å²) in [4.78, 5) is 72.9. The number of carbonyl (C=O) groups excluding carboxylic acids is 5. The van der Waals surface area contributed by atoms with E-state index in [-0.39, 0.29) is 44.4 Å². The number of carbonyl (C=O) groups is 5. The molecule has 17 nitrogen and oxygen atoms in total. The third-order valence-corrected chi connectivity index (χ3v) is 10.8. The van der Waals surface area contributed by atoms with Crippen LogP contribution in [0.15, 0.2) is 72.8 Å². The SMILES string of the molecule is CCCCc1nc2c(N)nc3ccccc3c2n1Cc1ccc(CNC(=O)OCc2ccc(NC(=O)[C@H](CCCNC(N)=O)NC(=O)[C@@H](NC(=O)CCCCCN)C(C)C)cc2)cc1. The molecule has 64 heavy (non-hydrogen) atoms. The van der Waals surface area contributed by atoms with E-state index in [0.717, 1.165) is 65.5 Å². The second-order valence-electron chi connectivity index (χ2n) is 16.2. The molecule has 0 aliphatic heterocycles. The van der Waals surface area contributed by atoms with Gasteiger partial charge in [-0.25, -0.2) is 19.6 Å². The first-order valence-corrected chi connectivity index (χ1v) is 22.1. The Morgan fingerprint density at radius 1 is 0.797 bits per heavy atom. The molecular formula is C47H63N11O6. The Labute approximate surface area is 374 Å². The molecule has 2 aromatic heterocycles. The number of para-hydroxylation sites is 1. The van der Waals surface area contributed by atoms with E-state index in [4.69, 9.17) is 26.9 Å². The smallest absolute Gasteiger partial charge is 0.407 e. The number of fused-ring (bicyclic) bond motifs is 3. The molecular weight excluding hydrogens is 815 g/mol. The van der Waals surface area contributed by atoms with E-state index in [1.807, 2.05) is 56.3 Å². The number of benzene rings is 3. The number of imidazole rings is 1. The summed E-state index contributed by atoms with van der Waals surface area (Å²) in [5.74, 6) is -0.0912. The number of rotatable bonds is 24. The molecule has 0 spiro atoms. The van der Waals surface area contributed by atoms with Crippen molar-refractivity contribution in [3.05, 3.63) is 95.3 Å². The van der Waals surface area contributed by atoms with Crippen LogP contribution < -0.4 is 43.8 Å². The zero-order valence-electron chi connectivity index (χ0n) is 37.1. The Morgan fingerprint density at radius 2 is 1.52 bits per heavy atom. The standard InChI is InChI=1S/C47H63N11O6/c1-4-5-15-38-56-41-42(35-12-8-9-13-36(35)54-43(41)49)58(38)28-32-19-17-31(18-20-32)27-52-47(63)64-29-33-21-23-34(24-22-33)53-44(60)37(14-11-26-51-46(50)62)55-45(61)40(30(2)3)57-39(59)16-7-6-10-25-48/h8-9,12-13,17-24,30,37,40H,4-7,10-11,14-16,25-29,48H2,1-3H3,(H2,49,54)(H,52,63)(H,53,60)(H,55,61)(H,57,59)(H3,50,51,62)/t37-,40-/m0/s1. The lowest BCUT2D eigenvalue weighted by molar-refractivity contribution is -0.132. The Bertz CT molecular complexity index is 2350. The van der Waals surface area contributed by atoms with Crippen molar-refractivity contribution in [3.63, 3.8) is 0 Å². The molecule has 342 valence electrons. The van der Waals surface area contributed by atoms with Gasteiger partial charge in [0.15, 0.2) is 5.82 Å². The number of nitrogens with two attached hydrogens (primary N) is 3. The van der Waals surface area contributed by atoms with E-state index >= 15 is 0 Å². The largest absolute Gasteiger partial charge is 0.445 e. The fourth-order valence-corrected chi connectivity index (χ4v) is 7.27. The number of pyridine rings is 1. The van der Waals surface area contributed by atoms with Gasteiger partial charge in [-0.05, 0) is 79.5 Å². The van der Waals surface area contributed by atoms with Gasteiger partial charge in [0, 0.05) is 43.5 Å². The number of hydrogen-bond donors (Lipinski definition) is 8. The highest BCUT2D eigenvalue weighted by Gasteiger charge is 2.29. The average Bonchev–Trinajstić information content (AvgIpc) is 3.64. The predicted molar refractivity (Wildman–Crippen MR) is 249 cm³/mol. The summed E-state index contributed by atoms with van der Waals surface area (Å²) in [5.41, 5.74) is 22.8. The number of primary amides is 1. The molecule has 5 rings (SSSR count). The predicted octanol–water partition coefficient (Wildman–Crippen LogP) is 5.52. The van der Waals surface area contributed by atoms with Crippen LogP contribution in [0.4, 0.5) is 21.1 Å². The molecule has 0 aliphatic rings. The summed E-state index contributed by atoms with van der Waals surface area (Å²) in [5, 5.41) is 14.7. The highest BCUT2D eigenvalue weighted by Crippen LogP contribution is 2.30. The topological polar surface area (TPSA) is 264 Å². The lowest BCUT2D eigenvalue weighted by Gasteiger charge is -2.25. The van der Waals surface area contributed by atoms with Gasteiger partial charge in [-0.3, -0.25) is 14.4 Å². The molecule has 3 aromatic carbocycles. The lowest BCUT2D eigenvalue weighted by Crippen LogP contribution is -2.54. The van der Waals surface area contributed by atoms with Gasteiger partial charge in [0.1, 0.15) is 30.0 Å². The van der Waals surface area contributed by atoms with Crippen LogP contribution in [0.3, 0.4) is 0 Å². The summed E-state index contributed by atoms with van der Waals surface area (Å²) in [7, 11) is 0. The number of alkyl carbamates (subject to hydrolysis) is 1. The van der Waals surface area contributed by atoms with Crippen molar-refractivity contribution in [2.45, 2.75) is 110 Å². The number of unbranched alkanes of at least 4 members (excludes halogenated alkanes) is 3. The molecule has 0 saturated heterocycles. The molecule has 6 amide bonds. The summed E-state index contributed by atoms with van der Waals surface area (Å²) >= 11 is 0. The second-order valence-corrected chi connectivity index (χ2v) is 16.2. The van der Waals surface area contributed by atoms with E-state index < -0.39 is 36.0 Å². The van der Waals surface area contributed by atoms with Crippen LogP contribution in [-0.2, 0) is 45.2 Å². The van der Waals surface area contributed by atoms with Gasteiger partial charge in [0.25, 0.3) is 0 Å². The highest BCUT2D eigenvalue weighted by molar-refractivity contribution is 6.06. The fraction of sp³-hybridized carbons (Fsp3) is 0.426. The van der Waals surface area contributed by atoms with E-state index in [1.54, 1.807) is 24.3 Å². The van der Waals surface area contributed by atoms with Crippen LogP contribution in [0, 0.1) is 5.92 Å². The number of nitrogens with zero attached hydrogens (tertiary/aromatic N) is 3. The first-order valence-electron chi connectivity index (χ1n) is 22.1. The van der Waals surface area contributed by atoms with Crippen LogP contribution in [0.25, 0.3) is 21.9 Å². The van der Waals surface area contributed by atoms with E-state index in [9.17, 15) is 24.0 Å². The monoisotopic (exact) mass is 877 g/mol. The highest BCUT2D eigenvalue weighted by atomic mass is 16.5. The number of aryl methyl sites for hydroxylation is 1. The number of ether oxygens (including phenoxy) is 1. The lowest BCUT2D eigenvalue weighted by atomic mass is 10.0. The van der Waals surface area contributed by atoms with Crippen molar-refractivity contribution in [2.75, 3.05) is 24.1 Å². The molecule has 0 saturated carbocycles. The van der Waals surface area contributed by atoms with Crippen LogP contribution in [0.1, 0.15) is 94.7 Å². The third kappa shape index (κ3) is 14.1. The molecule has 0 bridgehead atoms. The van der Waals surface area contributed by atoms with Gasteiger partial charge < -0.3 is 53.1 Å². The minimum absolute atomic E-state index is 0.00613. The van der Waals surface area contributed by atoms with Gasteiger partial charge in [0.05, 0.1) is 11.0 Å². The number of amides is 6. The Kier molecular flexibility index (Phi) is 18.3. The maximum Gasteiger partial charge on any atom is 0.407 e. The van der Waals surface area contributed by atoms with Crippen LogP contribution in [0.2, 0.25) is 0 Å². The molecule has 17 heteroatoms. The van der Waals surface area contributed by atoms with Crippen molar-refractivity contribution in [1.82, 2.24) is 35.8 Å². The number of urea groups is 1. The molecule has 2 atom stereocenters.